The maximum atomic E-state index is 4.79. The first-order valence-electron chi connectivity index (χ1n) is 8.50. The molecule has 0 saturated heterocycles. The van der Waals surface area contributed by atoms with Gasteiger partial charge in [0.25, 0.3) is 0 Å². The number of hydrogen-bond donors (Lipinski definition) is 0. The van der Waals surface area contributed by atoms with Crippen molar-refractivity contribution < 1.29 is 0 Å². The molecule has 3 rings (SSSR count). The Balaban J connectivity index is 2.07. The van der Waals surface area contributed by atoms with Crippen LogP contribution in [0.2, 0.25) is 17.3 Å². The number of benzene rings is 2. The predicted octanol–water partition coefficient (Wildman–Crippen LogP) is 5.58. The van der Waals surface area contributed by atoms with Gasteiger partial charge in [0, 0.05) is 0 Å². The molecular formula is C22H25GeN. The van der Waals surface area contributed by atoms with Crippen molar-refractivity contribution in [1.82, 2.24) is 4.98 Å². The van der Waals surface area contributed by atoms with E-state index in [1.165, 1.54) is 32.2 Å². The van der Waals surface area contributed by atoms with Gasteiger partial charge < -0.3 is 0 Å². The predicted molar refractivity (Wildman–Crippen MR) is 108 cm³/mol. The molecule has 0 radical (unpaired) electrons. The molecule has 0 fully saturated rings. The van der Waals surface area contributed by atoms with Crippen molar-refractivity contribution >= 4 is 17.7 Å². The second-order valence-electron chi connectivity index (χ2n) is 7.53. The van der Waals surface area contributed by atoms with Crippen molar-refractivity contribution in [3.63, 3.8) is 0 Å². The summed E-state index contributed by atoms with van der Waals surface area (Å²) in [6.07, 6.45) is 2.12. The van der Waals surface area contributed by atoms with Crippen LogP contribution in [0.5, 0.6) is 0 Å². The normalized spacial score (nSPS) is 11.5. The Morgan fingerprint density at radius 1 is 0.750 bits per heavy atom. The van der Waals surface area contributed by atoms with Gasteiger partial charge in [0.15, 0.2) is 0 Å². The molecule has 24 heavy (non-hydrogen) atoms. The zero-order valence-corrected chi connectivity index (χ0v) is 17.3. The SMILES string of the molecule is Cc1ccc(-c2cc(C)[c]([Ge]([CH3])([CH3])[CH3])cn2)cc1-c1ccccc1. The van der Waals surface area contributed by atoms with Gasteiger partial charge in [-0.3, -0.25) is 0 Å². The van der Waals surface area contributed by atoms with E-state index in [2.05, 4.69) is 91.9 Å². The zero-order chi connectivity index (χ0) is 17.3. The van der Waals surface area contributed by atoms with Gasteiger partial charge in [-0.15, -0.1) is 0 Å². The first kappa shape index (κ1) is 17.0. The van der Waals surface area contributed by atoms with E-state index in [1.54, 1.807) is 0 Å². The molecule has 0 bridgehead atoms. The second-order valence-corrected chi connectivity index (χ2v) is 18.1. The third-order valence-electron chi connectivity index (χ3n) is 4.54. The van der Waals surface area contributed by atoms with Crippen molar-refractivity contribution in [2.75, 3.05) is 0 Å². The van der Waals surface area contributed by atoms with Crippen LogP contribution in [0.3, 0.4) is 0 Å². The van der Waals surface area contributed by atoms with Gasteiger partial charge in [-0.2, -0.15) is 0 Å². The first-order valence-corrected chi connectivity index (χ1v) is 15.8. The Morgan fingerprint density at radius 3 is 2.08 bits per heavy atom. The van der Waals surface area contributed by atoms with E-state index in [9.17, 15) is 0 Å². The van der Waals surface area contributed by atoms with E-state index in [1.807, 2.05) is 0 Å². The van der Waals surface area contributed by atoms with Gasteiger partial charge in [0.1, 0.15) is 0 Å². The van der Waals surface area contributed by atoms with Crippen molar-refractivity contribution in [1.29, 1.82) is 0 Å². The Hall–Kier alpha value is -1.87. The molecule has 2 aromatic carbocycles. The summed E-state index contributed by atoms with van der Waals surface area (Å²) in [5.74, 6) is 7.26. The number of rotatable bonds is 3. The summed E-state index contributed by atoms with van der Waals surface area (Å²) in [6.45, 7) is 4.39. The van der Waals surface area contributed by atoms with Crippen LogP contribution >= 0.6 is 0 Å². The fourth-order valence-electron chi connectivity index (χ4n) is 3.21. The molecule has 0 unspecified atom stereocenters. The van der Waals surface area contributed by atoms with Gasteiger partial charge >= 0.3 is 148 Å². The van der Waals surface area contributed by atoms with Gasteiger partial charge in [-0.05, 0) is 0 Å². The van der Waals surface area contributed by atoms with Crippen LogP contribution < -0.4 is 4.40 Å². The van der Waals surface area contributed by atoms with Crippen LogP contribution in [-0.4, -0.2) is 18.3 Å². The quantitative estimate of drug-likeness (QED) is 0.544. The molecule has 0 saturated carbocycles. The van der Waals surface area contributed by atoms with Gasteiger partial charge in [0.05, 0.1) is 0 Å². The molecule has 1 nitrogen and oxygen atoms in total. The molecule has 0 spiro atoms. The van der Waals surface area contributed by atoms with Crippen molar-refractivity contribution in [3.8, 4) is 22.4 Å². The molecule has 122 valence electrons. The summed E-state index contributed by atoms with van der Waals surface area (Å²) in [5, 5.41) is 0. The van der Waals surface area contributed by atoms with Crippen LogP contribution in [0.25, 0.3) is 22.4 Å². The monoisotopic (exact) mass is 377 g/mol. The number of aryl methyl sites for hydroxylation is 2. The van der Waals surface area contributed by atoms with E-state index >= 15 is 0 Å². The fourth-order valence-corrected chi connectivity index (χ4v) is 6.79. The fraction of sp³-hybridized carbons (Fsp3) is 0.227. The van der Waals surface area contributed by atoms with Gasteiger partial charge in [0.2, 0.25) is 0 Å². The third kappa shape index (κ3) is 3.46. The summed E-state index contributed by atoms with van der Waals surface area (Å²) in [7, 11) is 0. The number of nitrogens with zero attached hydrogens (tertiary/aromatic N) is 1. The molecule has 0 aliphatic heterocycles. The van der Waals surface area contributed by atoms with Crippen LogP contribution in [0.15, 0.2) is 60.8 Å². The number of hydrogen-bond acceptors (Lipinski definition) is 1. The third-order valence-corrected chi connectivity index (χ3v) is 9.03. The van der Waals surface area contributed by atoms with Crippen molar-refractivity contribution in [3.05, 3.63) is 71.9 Å². The average molecular weight is 376 g/mol. The molecule has 0 aliphatic rings. The molecule has 1 heterocycles. The van der Waals surface area contributed by atoms with E-state index in [-0.39, 0.29) is 0 Å². The molecule has 1 aromatic heterocycles. The topological polar surface area (TPSA) is 12.9 Å². The Labute approximate surface area is 148 Å². The van der Waals surface area contributed by atoms with Gasteiger partial charge in [-0.1, -0.05) is 0 Å². The zero-order valence-electron chi connectivity index (χ0n) is 15.2. The summed E-state index contributed by atoms with van der Waals surface area (Å²) in [5.41, 5.74) is 7.48. The molecule has 3 aromatic rings. The van der Waals surface area contributed by atoms with E-state index < -0.39 is 13.3 Å². The molecule has 0 N–H and O–H groups in total. The molecule has 0 amide bonds. The van der Waals surface area contributed by atoms with E-state index in [0.717, 1.165) is 5.69 Å². The maximum absolute atomic E-state index is 4.79. The van der Waals surface area contributed by atoms with E-state index in [4.69, 9.17) is 4.98 Å². The minimum atomic E-state index is -1.85. The van der Waals surface area contributed by atoms with Crippen LogP contribution in [0.4, 0.5) is 0 Å². The van der Waals surface area contributed by atoms with Gasteiger partial charge in [-0.25, -0.2) is 0 Å². The summed E-state index contributed by atoms with van der Waals surface area (Å²) < 4.78 is 1.49. The van der Waals surface area contributed by atoms with Crippen molar-refractivity contribution in [2.24, 2.45) is 0 Å². The second kappa shape index (κ2) is 6.56. The molecular weight excluding hydrogens is 351 g/mol. The van der Waals surface area contributed by atoms with Crippen LogP contribution in [-0.2, 0) is 0 Å². The van der Waals surface area contributed by atoms with Crippen molar-refractivity contribution in [2.45, 2.75) is 31.1 Å². The summed E-state index contributed by atoms with van der Waals surface area (Å²) in [4.78, 5) is 4.79. The Kier molecular flexibility index (Phi) is 4.64. The molecule has 2 heteroatoms. The molecule has 0 atom stereocenters. The summed E-state index contributed by atoms with van der Waals surface area (Å²) >= 11 is -1.85. The average Bonchev–Trinajstić information content (AvgIpc) is 2.55. The van der Waals surface area contributed by atoms with E-state index in [0.29, 0.717) is 0 Å². The number of pyridine rings is 1. The minimum absolute atomic E-state index is 1.07. The van der Waals surface area contributed by atoms with Crippen LogP contribution in [0, 0.1) is 13.8 Å². The summed E-state index contributed by atoms with van der Waals surface area (Å²) in [6, 6.07) is 19.5. The van der Waals surface area contributed by atoms with Crippen LogP contribution in [0.1, 0.15) is 11.1 Å². The Morgan fingerprint density at radius 2 is 1.46 bits per heavy atom. The standard InChI is InChI=1S/C22H25GeN/c1-16-11-12-19(14-20(16)18-9-7-6-8-10-18)22-13-17(2)21(15-24-22)23(3,4)5/h6-15H,1-5H3. The Bertz CT molecular complexity index is 861. The molecule has 0 aliphatic carbocycles. The number of aromatic nitrogens is 1. The first-order chi connectivity index (χ1) is 11.4.